The molecule has 2 heterocycles. The molecule has 1 atom stereocenters. The zero-order chi connectivity index (χ0) is 12.4. The van der Waals surface area contributed by atoms with Crippen LogP contribution >= 0.6 is 54.5 Å². The molecule has 0 radical (unpaired) electrons. The third-order valence-corrected chi connectivity index (χ3v) is 7.17. The molecule has 0 bridgehead atoms. The van der Waals surface area contributed by atoms with Crippen LogP contribution in [0.25, 0.3) is 0 Å². The lowest BCUT2D eigenvalue weighted by Crippen LogP contribution is -2.14. The standard InChI is InChI=1S/C12H13Br2NS2/c1-3-7-4-5-9(16-7)11(15-2)10-6-8(13)12(14)17-10/h4-6,11,15H,3H2,1-2H3. The molecule has 1 nitrogen and oxygen atoms in total. The average molecular weight is 395 g/mol. The number of halogens is 2. The second-order valence-corrected chi connectivity index (χ2v) is 8.11. The zero-order valence-electron chi connectivity index (χ0n) is 9.59. The summed E-state index contributed by atoms with van der Waals surface area (Å²) in [6.07, 6.45) is 1.11. The smallest absolute Gasteiger partial charge is 0.0843 e. The lowest BCUT2D eigenvalue weighted by atomic mass is 10.2. The first-order valence-electron chi connectivity index (χ1n) is 5.36. The van der Waals surface area contributed by atoms with Crippen LogP contribution in [0, 0.1) is 0 Å². The van der Waals surface area contributed by atoms with E-state index in [0.717, 1.165) is 14.7 Å². The third kappa shape index (κ3) is 3.01. The zero-order valence-corrected chi connectivity index (χ0v) is 14.4. The van der Waals surface area contributed by atoms with Gasteiger partial charge in [-0.1, -0.05) is 6.92 Å². The van der Waals surface area contributed by atoms with E-state index in [1.165, 1.54) is 14.6 Å². The van der Waals surface area contributed by atoms with Crippen molar-refractivity contribution < 1.29 is 0 Å². The normalized spacial score (nSPS) is 12.9. The molecular weight excluding hydrogens is 382 g/mol. The predicted octanol–water partition coefficient (Wildman–Crippen LogP) is 5.21. The topological polar surface area (TPSA) is 12.0 Å². The summed E-state index contributed by atoms with van der Waals surface area (Å²) < 4.78 is 2.28. The van der Waals surface area contributed by atoms with E-state index in [-0.39, 0.29) is 0 Å². The van der Waals surface area contributed by atoms with Gasteiger partial charge < -0.3 is 5.32 Å². The Hall–Kier alpha value is 0.320. The molecule has 92 valence electrons. The van der Waals surface area contributed by atoms with Gasteiger partial charge in [0.2, 0.25) is 0 Å². The van der Waals surface area contributed by atoms with Gasteiger partial charge >= 0.3 is 0 Å². The molecule has 0 saturated heterocycles. The Morgan fingerprint density at radius 2 is 2.00 bits per heavy atom. The summed E-state index contributed by atoms with van der Waals surface area (Å²) in [5.41, 5.74) is 0. The Labute approximate surface area is 127 Å². The van der Waals surface area contributed by atoms with Crippen molar-refractivity contribution in [2.45, 2.75) is 19.4 Å². The van der Waals surface area contributed by atoms with Crippen molar-refractivity contribution in [1.82, 2.24) is 5.32 Å². The van der Waals surface area contributed by atoms with Crippen LogP contribution in [-0.4, -0.2) is 7.05 Å². The number of rotatable bonds is 4. The summed E-state index contributed by atoms with van der Waals surface area (Å²) >= 11 is 10.8. The Morgan fingerprint density at radius 1 is 1.24 bits per heavy atom. The maximum atomic E-state index is 3.55. The van der Waals surface area contributed by atoms with Gasteiger partial charge in [0.15, 0.2) is 0 Å². The molecule has 2 aromatic heterocycles. The highest BCUT2D eigenvalue weighted by Gasteiger charge is 2.17. The minimum Gasteiger partial charge on any atom is -0.308 e. The second-order valence-electron chi connectivity index (χ2n) is 3.65. The van der Waals surface area contributed by atoms with E-state index in [0.29, 0.717) is 6.04 Å². The van der Waals surface area contributed by atoms with Crippen molar-refractivity contribution in [3.63, 3.8) is 0 Å². The van der Waals surface area contributed by atoms with E-state index < -0.39 is 0 Å². The fourth-order valence-electron chi connectivity index (χ4n) is 1.67. The molecule has 0 aliphatic carbocycles. The third-order valence-electron chi connectivity index (χ3n) is 2.55. The molecule has 1 unspecified atom stereocenters. The van der Waals surface area contributed by atoms with Crippen molar-refractivity contribution in [2.24, 2.45) is 0 Å². The van der Waals surface area contributed by atoms with Gasteiger partial charge in [-0.25, -0.2) is 0 Å². The van der Waals surface area contributed by atoms with E-state index in [1.54, 1.807) is 11.3 Å². The monoisotopic (exact) mass is 393 g/mol. The summed E-state index contributed by atoms with van der Waals surface area (Å²) in [7, 11) is 2.01. The maximum Gasteiger partial charge on any atom is 0.0843 e. The molecule has 2 aromatic rings. The predicted molar refractivity (Wildman–Crippen MR) is 84.3 cm³/mol. The lowest BCUT2D eigenvalue weighted by molar-refractivity contribution is 0.716. The highest BCUT2D eigenvalue weighted by atomic mass is 79.9. The first kappa shape index (κ1) is 13.7. The Morgan fingerprint density at radius 3 is 2.47 bits per heavy atom. The number of hydrogen-bond donors (Lipinski definition) is 1. The molecule has 0 amide bonds. The Balaban J connectivity index is 2.32. The van der Waals surface area contributed by atoms with Gasteiger partial charge in [0, 0.05) is 19.1 Å². The fraction of sp³-hybridized carbons (Fsp3) is 0.333. The van der Waals surface area contributed by atoms with Crippen molar-refractivity contribution in [2.75, 3.05) is 7.05 Å². The van der Waals surface area contributed by atoms with Crippen LogP contribution in [0.1, 0.15) is 27.6 Å². The first-order chi connectivity index (χ1) is 8.15. The summed E-state index contributed by atoms with van der Waals surface area (Å²) in [5.74, 6) is 0. The van der Waals surface area contributed by atoms with Gasteiger partial charge in [0.05, 0.1) is 9.83 Å². The number of thiophene rings is 2. The van der Waals surface area contributed by atoms with Crippen LogP contribution < -0.4 is 5.32 Å². The van der Waals surface area contributed by atoms with Gasteiger partial charge in [0.1, 0.15) is 0 Å². The van der Waals surface area contributed by atoms with Crippen LogP contribution in [0.15, 0.2) is 26.5 Å². The van der Waals surface area contributed by atoms with Gasteiger partial charge in [-0.2, -0.15) is 0 Å². The van der Waals surface area contributed by atoms with Crippen LogP contribution in [-0.2, 0) is 6.42 Å². The molecular formula is C12H13Br2NS2. The van der Waals surface area contributed by atoms with Crippen molar-refractivity contribution in [3.8, 4) is 0 Å². The van der Waals surface area contributed by atoms with Crippen molar-refractivity contribution >= 4 is 54.5 Å². The van der Waals surface area contributed by atoms with Crippen LogP contribution in [0.2, 0.25) is 0 Å². The molecule has 5 heteroatoms. The van der Waals surface area contributed by atoms with E-state index in [2.05, 4.69) is 62.3 Å². The van der Waals surface area contributed by atoms with E-state index >= 15 is 0 Å². The van der Waals surface area contributed by atoms with Gasteiger partial charge in [-0.3, -0.25) is 0 Å². The lowest BCUT2D eigenvalue weighted by Gasteiger charge is -2.12. The first-order valence-corrected chi connectivity index (χ1v) is 8.58. The number of nitrogens with one attached hydrogen (secondary N) is 1. The Bertz CT molecular complexity index is 485. The SMILES string of the molecule is CCc1ccc(C(NC)c2cc(Br)c(Br)s2)s1. The number of hydrogen-bond acceptors (Lipinski definition) is 3. The molecule has 17 heavy (non-hydrogen) atoms. The quantitative estimate of drug-likeness (QED) is 0.750. The molecule has 0 aliphatic heterocycles. The van der Waals surface area contributed by atoms with Gasteiger partial charge in [0.25, 0.3) is 0 Å². The second kappa shape index (κ2) is 5.97. The summed E-state index contributed by atoms with van der Waals surface area (Å²) in [6, 6.07) is 6.93. The summed E-state index contributed by atoms with van der Waals surface area (Å²) in [6.45, 7) is 2.20. The van der Waals surface area contributed by atoms with Crippen LogP contribution in [0.4, 0.5) is 0 Å². The molecule has 0 saturated carbocycles. The maximum absolute atomic E-state index is 3.55. The molecule has 1 N–H and O–H groups in total. The summed E-state index contributed by atoms with van der Waals surface area (Å²) in [5, 5.41) is 3.39. The molecule has 2 rings (SSSR count). The molecule has 0 aromatic carbocycles. The molecule has 0 fully saturated rings. The van der Waals surface area contributed by atoms with Crippen LogP contribution in [0.5, 0.6) is 0 Å². The summed E-state index contributed by atoms with van der Waals surface area (Å²) in [4.78, 5) is 4.15. The molecule has 0 spiro atoms. The average Bonchev–Trinajstić information content (AvgIpc) is 2.89. The van der Waals surface area contributed by atoms with E-state index in [1.807, 2.05) is 18.4 Å². The van der Waals surface area contributed by atoms with Crippen LogP contribution in [0.3, 0.4) is 0 Å². The van der Waals surface area contributed by atoms with E-state index in [4.69, 9.17) is 0 Å². The van der Waals surface area contributed by atoms with Gasteiger partial charge in [-0.15, -0.1) is 22.7 Å². The minimum atomic E-state index is 0.299. The highest BCUT2D eigenvalue weighted by Crippen LogP contribution is 2.39. The highest BCUT2D eigenvalue weighted by molar-refractivity contribution is 9.13. The van der Waals surface area contributed by atoms with Crippen molar-refractivity contribution in [1.29, 1.82) is 0 Å². The van der Waals surface area contributed by atoms with Gasteiger partial charge in [-0.05, 0) is 63.5 Å². The largest absolute Gasteiger partial charge is 0.308 e. The molecule has 0 aliphatic rings. The van der Waals surface area contributed by atoms with E-state index in [9.17, 15) is 0 Å². The van der Waals surface area contributed by atoms with Crippen molar-refractivity contribution in [3.05, 3.63) is 41.1 Å². The fourth-order valence-corrected chi connectivity index (χ4v) is 5.05. The minimum absolute atomic E-state index is 0.299. The Kier molecular flexibility index (Phi) is 4.83. The number of aryl methyl sites for hydroxylation is 1.